The molecule has 1 heterocycles. The van der Waals surface area contributed by atoms with E-state index in [1.165, 1.54) is 10.4 Å². The van der Waals surface area contributed by atoms with Crippen molar-refractivity contribution in [1.29, 1.82) is 0 Å². The van der Waals surface area contributed by atoms with Gasteiger partial charge in [-0.1, -0.05) is 0 Å². The number of aliphatic imine (C=N–C) groups is 1. The van der Waals surface area contributed by atoms with Crippen molar-refractivity contribution in [1.82, 2.24) is 0 Å². The molecule has 0 aliphatic heterocycles. The van der Waals surface area contributed by atoms with Gasteiger partial charge in [0.15, 0.2) is 5.96 Å². The standard InChI is InChI=1S/C14H17N3OS/c1-10-7-8-19-13(10)9-16-14(15)17-11-3-5-12(18-2)6-4-11/h3-8H,9H2,1-2H3,(H3,15,16,17). The Morgan fingerprint density at radius 3 is 2.63 bits per heavy atom. The molecule has 0 aliphatic rings. The zero-order valence-corrected chi connectivity index (χ0v) is 11.8. The predicted octanol–water partition coefficient (Wildman–Crippen LogP) is 2.99. The molecule has 0 aliphatic carbocycles. The summed E-state index contributed by atoms with van der Waals surface area (Å²) in [5.41, 5.74) is 8.00. The lowest BCUT2D eigenvalue weighted by Gasteiger charge is -2.06. The molecule has 5 heteroatoms. The van der Waals surface area contributed by atoms with Crippen LogP contribution in [0.3, 0.4) is 0 Å². The van der Waals surface area contributed by atoms with E-state index in [0.717, 1.165) is 11.4 Å². The highest BCUT2D eigenvalue weighted by Crippen LogP contribution is 2.17. The van der Waals surface area contributed by atoms with E-state index in [0.29, 0.717) is 12.5 Å². The van der Waals surface area contributed by atoms with E-state index in [-0.39, 0.29) is 0 Å². The average Bonchev–Trinajstić information content (AvgIpc) is 2.83. The SMILES string of the molecule is COc1ccc(NC(N)=NCc2sccc2C)cc1. The van der Waals surface area contributed by atoms with Crippen molar-refractivity contribution in [2.45, 2.75) is 13.5 Å². The van der Waals surface area contributed by atoms with Crippen molar-refractivity contribution in [3.63, 3.8) is 0 Å². The van der Waals surface area contributed by atoms with Crippen LogP contribution in [-0.2, 0) is 6.54 Å². The van der Waals surface area contributed by atoms with Crippen molar-refractivity contribution >= 4 is 23.0 Å². The molecule has 2 aromatic rings. The molecular formula is C14H17N3OS. The monoisotopic (exact) mass is 275 g/mol. The number of hydrogen-bond donors (Lipinski definition) is 2. The number of ether oxygens (including phenoxy) is 1. The maximum atomic E-state index is 5.86. The summed E-state index contributed by atoms with van der Waals surface area (Å²) in [6.45, 7) is 2.69. The van der Waals surface area contributed by atoms with E-state index in [4.69, 9.17) is 10.5 Å². The minimum absolute atomic E-state index is 0.415. The summed E-state index contributed by atoms with van der Waals surface area (Å²) >= 11 is 1.70. The Kier molecular flexibility index (Phi) is 4.41. The zero-order chi connectivity index (χ0) is 13.7. The first-order chi connectivity index (χ1) is 9.19. The van der Waals surface area contributed by atoms with Gasteiger partial charge in [-0.25, -0.2) is 4.99 Å². The molecule has 1 aromatic heterocycles. The van der Waals surface area contributed by atoms with Crippen molar-refractivity contribution < 1.29 is 4.74 Å². The first-order valence-corrected chi connectivity index (χ1v) is 6.81. The lowest BCUT2D eigenvalue weighted by Crippen LogP contribution is -2.22. The number of methoxy groups -OCH3 is 1. The maximum Gasteiger partial charge on any atom is 0.193 e. The Bertz CT molecular complexity index is 560. The van der Waals surface area contributed by atoms with Crippen LogP contribution < -0.4 is 15.8 Å². The number of rotatable bonds is 4. The van der Waals surface area contributed by atoms with Gasteiger partial charge in [0.2, 0.25) is 0 Å². The summed E-state index contributed by atoms with van der Waals surface area (Å²) in [6, 6.07) is 9.63. The molecule has 1 aromatic carbocycles. The second kappa shape index (κ2) is 6.24. The minimum atomic E-state index is 0.415. The van der Waals surface area contributed by atoms with Crippen LogP contribution in [0.1, 0.15) is 10.4 Å². The summed E-state index contributed by atoms with van der Waals surface area (Å²) in [4.78, 5) is 5.56. The number of hydrogen-bond acceptors (Lipinski definition) is 3. The van der Waals surface area contributed by atoms with Crippen LogP contribution >= 0.6 is 11.3 Å². The summed E-state index contributed by atoms with van der Waals surface area (Å²) in [6.07, 6.45) is 0. The molecule has 0 fully saturated rings. The zero-order valence-electron chi connectivity index (χ0n) is 11.0. The molecule has 0 bridgehead atoms. The van der Waals surface area contributed by atoms with Gasteiger partial charge in [0, 0.05) is 10.6 Å². The van der Waals surface area contributed by atoms with Crippen molar-refractivity contribution in [2.75, 3.05) is 12.4 Å². The number of nitrogens with two attached hydrogens (primary N) is 1. The van der Waals surface area contributed by atoms with E-state index in [9.17, 15) is 0 Å². The molecule has 0 spiro atoms. The molecule has 0 saturated heterocycles. The minimum Gasteiger partial charge on any atom is -0.497 e. The van der Waals surface area contributed by atoms with Crippen molar-refractivity contribution in [2.24, 2.45) is 10.7 Å². The number of aryl methyl sites for hydroxylation is 1. The largest absolute Gasteiger partial charge is 0.497 e. The summed E-state index contributed by atoms with van der Waals surface area (Å²) < 4.78 is 5.10. The fourth-order valence-electron chi connectivity index (χ4n) is 1.58. The van der Waals surface area contributed by atoms with Gasteiger partial charge in [0.05, 0.1) is 13.7 Å². The van der Waals surface area contributed by atoms with Crippen molar-refractivity contribution in [3.8, 4) is 5.75 Å². The average molecular weight is 275 g/mol. The molecule has 19 heavy (non-hydrogen) atoms. The van der Waals surface area contributed by atoms with Crippen LogP contribution in [-0.4, -0.2) is 13.1 Å². The Morgan fingerprint density at radius 1 is 1.32 bits per heavy atom. The highest BCUT2D eigenvalue weighted by atomic mass is 32.1. The second-order valence-corrected chi connectivity index (χ2v) is 5.08. The number of nitrogens with one attached hydrogen (secondary N) is 1. The molecule has 3 N–H and O–H groups in total. The summed E-state index contributed by atoms with van der Waals surface area (Å²) in [7, 11) is 1.64. The summed E-state index contributed by atoms with van der Waals surface area (Å²) in [5, 5.41) is 5.11. The Labute approximate surface area is 116 Å². The number of benzene rings is 1. The first-order valence-electron chi connectivity index (χ1n) is 5.93. The quantitative estimate of drug-likeness (QED) is 0.666. The summed E-state index contributed by atoms with van der Waals surface area (Å²) in [5.74, 6) is 1.23. The van der Waals surface area contributed by atoms with Crippen LogP contribution in [0.5, 0.6) is 5.75 Å². The van der Waals surface area contributed by atoms with E-state index in [1.54, 1.807) is 18.4 Å². The predicted molar refractivity (Wildman–Crippen MR) is 81.0 cm³/mol. The first kappa shape index (κ1) is 13.4. The number of guanidine groups is 1. The second-order valence-electron chi connectivity index (χ2n) is 4.08. The lowest BCUT2D eigenvalue weighted by molar-refractivity contribution is 0.415. The van der Waals surface area contributed by atoms with Gasteiger partial charge in [-0.05, 0) is 48.2 Å². The number of thiophene rings is 1. The molecule has 0 unspecified atom stereocenters. The molecule has 0 saturated carbocycles. The third kappa shape index (κ3) is 3.72. The van der Waals surface area contributed by atoms with Crippen LogP contribution in [0.25, 0.3) is 0 Å². The molecular weight excluding hydrogens is 258 g/mol. The smallest absolute Gasteiger partial charge is 0.193 e. The van der Waals surface area contributed by atoms with Gasteiger partial charge < -0.3 is 15.8 Å². The van der Waals surface area contributed by atoms with E-state index in [2.05, 4.69) is 28.7 Å². The third-order valence-corrected chi connectivity index (χ3v) is 3.73. The fourth-order valence-corrected chi connectivity index (χ4v) is 2.41. The Morgan fingerprint density at radius 2 is 2.05 bits per heavy atom. The highest BCUT2D eigenvalue weighted by Gasteiger charge is 2.00. The molecule has 2 rings (SSSR count). The molecule has 100 valence electrons. The van der Waals surface area contributed by atoms with Crippen molar-refractivity contribution in [3.05, 3.63) is 46.2 Å². The van der Waals surface area contributed by atoms with E-state index < -0.39 is 0 Å². The molecule has 4 nitrogen and oxygen atoms in total. The van der Waals surface area contributed by atoms with Crippen LogP contribution in [0.2, 0.25) is 0 Å². The van der Waals surface area contributed by atoms with Gasteiger partial charge in [0.1, 0.15) is 5.75 Å². The maximum absolute atomic E-state index is 5.86. The Hall–Kier alpha value is -2.01. The Balaban J connectivity index is 1.96. The van der Waals surface area contributed by atoms with Gasteiger partial charge in [0.25, 0.3) is 0 Å². The molecule has 0 radical (unpaired) electrons. The highest BCUT2D eigenvalue weighted by molar-refractivity contribution is 7.10. The van der Waals surface area contributed by atoms with E-state index >= 15 is 0 Å². The molecule has 0 atom stereocenters. The third-order valence-electron chi connectivity index (χ3n) is 2.72. The van der Waals surface area contributed by atoms with Gasteiger partial charge in [-0.15, -0.1) is 11.3 Å². The topological polar surface area (TPSA) is 59.6 Å². The fraction of sp³-hybridized carbons (Fsp3) is 0.214. The van der Waals surface area contributed by atoms with Crippen LogP contribution in [0.4, 0.5) is 5.69 Å². The van der Waals surface area contributed by atoms with Gasteiger partial charge in [-0.3, -0.25) is 0 Å². The number of anilines is 1. The lowest BCUT2D eigenvalue weighted by atomic mass is 10.3. The van der Waals surface area contributed by atoms with Gasteiger partial charge in [-0.2, -0.15) is 0 Å². The van der Waals surface area contributed by atoms with E-state index in [1.807, 2.05) is 24.3 Å². The normalized spacial score (nSPS) is 11.4. The van der Waals surface area contributed by atoms with Crippen LogP contribution in [0.15, 0.2) is 40.7 Å². The van der Waals surface area contributed by atoms with Crippen LogP contribution in [0, 0.1) is 6.92 Å². The van der Waals surface area contributed by atoms with Gasteiger partial charge >= 0.3 is 0 Å². The molecule has 0 amide bonds. The number of nitrogens with zero attached hydrogens (tertiary/aromatic N) is 1.